The predicted molar refractivity (Wildman–Crippen MR) is 116 cm³/mol. The van der Waals surface area contributed by atoms with Crippen LogP contribution in [0.15, 0.2) is 53.0 Å². The van der Waals surface area contributed by atoms with Gasteiger partial charge in [-0.2, -0.15) is 0 Å². The number of halogens is 1. The van der Waals surface area contributed by atoms with E-state index in [0.29, 0.717) is 38.4 Å². The Kier molecular flexibility index (Phi) is 5.72. The van der Waals surface area contributed by atoms with E-state index < -0.39 is 0 Å². The lowest BCUT2D eigenvalue weighted by molar-refractivity contribution is -0.384. The Morgan fingerprint density at radius 1 is 1.07 bits per heavy atom. The van der Waals surface area contributed by atoms with Gasteiger partial charge in [-0.1, -0.05) is 34.1 Å². The molecule has 2 amide bonds. The molecule has 2 aliphatic heterocycles. The molecule has 2 aliphatic rings. The zero-order valence-electron chi connectivity index (χ0n) is 16.2. The van der Waals surface area contributed by atoms with E-state index in [4.69, 9.17) is 0 Å². The van der Waals surface area contributed by atoms with Crippen molar-refractivity contribution in [3.63, 3.8) is 0 Å². The molecular weight excluding hydrogens is 452 g/mol. The standard InChI is InChI=1S/C21H21BrN4O4/c22-16-4-3-5-17(13-16)25-14-15(12-20(25)27)21(28)24-10-8-23(9-11-24)18-6-1-2-7-19(18)26(29)30/h1-7,13,15H,8-12,14H2. The largest absolute Gasteiger partial charge is 0.362 e. The van der Waals surface area contributed by atoms with E-state index in [1.54, 1.807) is 28.0 Å². The Bertz CT molecular complexity index is 990. The minimum atomic E-state index is -0.381. The van der Waals surface area contributed by atoms with Gasteiger partial charge in [0.05, 0.1) is 10.8 Å². The lowest BCUT2D eigenvalue weighted by atomic mass is 10.1. The third-order valence-corrected chi connectivity index (χ3v) is 6.10. The van der Waals surface area contributed by atoms with Gasteiger partial charge in [-0.05, 0) is 24.3 Å². The van der Waals surface area contributed by atoms with Gasteiger partial charge in [0.2, 0.25) is 11.8 Å². The molecule has 0 N–H and O–H groups in total. The molecule has 0 radical (unpaired) electrons. The molecule has 9 heteroatoms. The van der Waals surface area contributed by atoms with Crippen LogP contribution >= 0.6 is 15.9 Å². The molecule has 2 heterocycles. The summed E-state index contributed by atoms with van der Waals surface area (Å²) in [5.74, 6) is -0.442. The van der Waals surface area contributed by atoms with Gasteiger partial charge >= 0.3 is 0 Å². The Morgan fingerprint density at radius 3 is 2.50 bits per heavy atom. The maximum atomic E-state index is 13.0. The van der Waals surface area contributed by atoms with Crippen LogP contribution in [0.5, 0.6) is 0 Å². The summed E-state index contributed by atoms with van der Waals surface area (Å²) in [4.78, 5) is 41.8. The molecule has 0 spiro atoms. The van der Waals surface area contributed by atoms with Crippen molar-refractivity contribution in [2.75, 3.05) is 42.5 Å². The summed E-state index contributed by atoms with van der Waals surface area (Å²) in [5.41, 5.74) is 1.43. The van der Waals surface area contributed by atoms with Gasteiger partial charge in [0.25, 0.3) is 5.69 Å². The molecule has 2 saturated heterocycles. The smallest absolute Gasteiger partial charge is 0.292 e. The number of hydrogen-bond donors (Lipinski definition) is 0. The van der Waals surface area contributed by atoms with Crippen molar-refractivity contribution in [2.45, 2.75) is 6.42 Å². The SMILES string of the molecule is O=C(C1CC(=O)N(c2cccc(Br)c2)C1)N1CCN(c2ccccc2[N+](=O)[O-])CC1. The van der Waals surface area contributed by atoms with Crippen LogP contribution in [0.1, 0.15) is 6.42 Å². The average Bonchev–Trinajstić information content (AvgIpc) is 3.15. The molecule has 4 rings (SSSR count). The molecule has 0 bridgehead atoms. The third kappa shape index (κ3) is 4.02. The van der Waals surface area contributed by atoms with Crippen LogP contribution in [0, 0.1) is 16.0 Å². The fourth-order valence-electron chi connectivity index (χ4n) is 4.08. The zero-order valence-corrected chi connectivity index (χ0v) is 17.8. The van der Waals surface area contributed by atoms with Crippen molar-refractivity contribution in [3.8, 4) is 0 Å². The number of para-hydroxylation sites is 2. The summed E-state index contributed by atoms with van der Waals surface area (Å²) in [7, 11) is 0. The van der Waals surface area contributed by atoms with Crippen LogP contribution < -0.4 is 9.80 Å². The highest BCUT2D eigenvalue weighted by atomic mass is 79.9. The Labute approximate surface area is 182 Å². The number of rotatable bonds is 4. The molecule has 0 aromatic heterocycles. The summed E-state index contributed by atoms with van der Waals surface area (Å²) in [6.45, 7) is 2.37. The molecule has 30 heavy (non-hydrogen) atoms. The number of piperazine rings is 1. The molecule has 2 fully saturated rings. The van der Waals surface area contributed by atoms with Crippen LogP contribution in [-0.4, -0.2) is 54.4 Å². The Morgan fingerprint density at radius 2 is 1.80 bits per heavy atom. The van der Waals surface area contributed by atoms with Gasteiger partial charge in [-0.15, -0.1) is 0 Å². The van der Waals surface area contributed by atoms with Gasteiger partial charge in [0, 0.05) is 55.4 Å². The summed E-state index contributed by atoms with van der Waals surface area (Å²) in [6, 6.07) is 14.1. The highest BCUT2D eigenvalue weighted by molar-refractivity contribution is 9.10. The number of carbonyl (C=O) groups is 2. The predicted octanol–water partition coefficient (Wildman–Crippen LogP) is 3.06. The maximum absolute atomic E-state index is 13.0. The number of benzene rings is 2. The van der Waals surface area contributed by atoms with Gasteiger partial charge in [-0.3, -0.25) is 19.7 Å². The van der Waals surface area contributed by atoms with Gasteiger partial charge in [0.15, 0.2) is 0 Å². The van der Waals surface area contributed by atoms with E-state index in [0.717, 1.165) is 10.2 Å². The van der Waals surface area contributed by atoms with Crippen LogP contribution in [0.4, 0.5) is 17.1 Å². The second kappa shape index (κ2) is 8.43. The van der Waals surface area contributed by atoms with Crippen molar-refractivity contribution in [2.24, 2.45) is 5.92 Å². The van der Waals surface area contributed by atoms with Gasteiger partial charge < -0.3 is 14.7 Å². The fourth-order valence-corrected chi connectivity index (χ4v) is 4.47. The molecule has 0 saturated carbocycles. The Balaban J connectivity index is 1.39. The molecule has 0 aliphatic carbocycles. The van der Waals surface area contributed by atoms with E-state index in [-0.39, 0.29) is 34.8 Å². The number of anilines is 2. The molecule has 8 nitrogen and oxygen atoms in total. The number of nitro groups is 1. The van der Waals surface area contributed by atoms with Crippen molar-refractivity contribution < 1.29 is 14.5 Å². The zero-order chi connectivity index (χ0) is 21.3. The second-order valence-corrected chi connectivity index (χ2v) is 8.36. The number of nitrogens with zero attached hydrogens (tertiary/aromatic N) is 4. The summed E-state index contributed by atoms with van der Waals surface area (Å²) in [5, 5.41) is 11.3. The van der Waals surface area contributed by atoms with E-state index in [1.807, 2.05) is 29.2 Å². The Hall–Kier alpha value is -2.94. The quantitative estimate of drug-likeness (QED) is 0.503. The first-order valence-electron chi connectivity index (χ1n) is 9.77. The first-order valence-corrected chi connectivity index (χ1v) is 10.6. The summed E-state index contributed by atoms with van der Waals surface area (Å²) >= 11 is 3.41. The topological polar surface area (TPSA) is 87.0 Å². The molecule has 156 valence electrons. The fraction of sp³-hybridized carbons (Fsp3) is 0.333. The number of nitro benzene ring substituents is 1. The number of amides is 2. The van der Waals surface area contributed by atoms with Crippen LogP contribution in [-0.2, 0) is 9.59 Å². The molecule has 2 aromatic carbocycles. The highest BCUT2D eigenvalue weighted by Crippen LogP contribution is 2.30. The number of carbonyl (C=O) groups excluding carboxylic acids is 2. The summed E-state index contributed by atoms with van der Waals surface area (Å²) < 4.78 is 0.883. The van der Waals surface area contributed by atoms with Gasteiger partial charge in [0.1, 0.15) is 5.69 Å². The molecular formula is C21H21BrN4O4. The first kappa shape index (κ1) is 20.3. The monoisotopic (exact) mass is 472 g/mol. The van der Waals surface area contributed by atoms with Crippen molar-refractivity contribution in [1.29, 1.82) is 0 Å². The maximum Gasteiger partial charge on any atom is 0.292 e. The van der Waals surface area contributed by atoms with Crippen molar-refractivity contribution in [3.05, 3.63) is 63.1 Å². The van der Waals surface area contributed by atoms with Crippen LogP contribution in [0.25, 0.3) is 0 Å². The van der Waals surface area contributed by atoms with Crippen molar-refractivity contribution >= 4 is 44.8 Å². The normalized spacial score (nSPS) is 19.3. The third-order valence-electron chi connectivity index (χ3n) is 5.60. The average molecular weight is 473 g/mol. The minimum Gasteiger partial charge on any atom is -0.362 e. The van der Waals surface area contributed by atoms with Crippen LogP contribution in [0.2, 0.25) is 0 Å². The van der Waals surface area contributed by atoms with E-state index >= 15 is 0 Å². The first-order chi connectivity index (χ1) is 14.4. The lowest BCUT2D eigenvalue weighted by Gasteiger charge is -2.36. The molecule has 2 aromatic rings. The van der Waals surface area contributed by atoms with E-state index in [9.17, 15) is 19.7 Å². The van der Waals surface area contributed by atoms with Gasteiger partial charge in [-0.25, -0.2) is 0 Å². The van der Waals surface area contributed by atoms with Crippen LogP contribution in [0.3, 0.4) is 0 Å². The highest BCUT2D eigenvalue weighted by Gasteiger charge is 2.38. The van der Waals surface area contributed by atoms with Crippen molar-refractivity contribution in [1.82, 2.24) is 4.90 Å². The lowest BCUT2D eigenvalue weighted by Crippen LogP contribution is -2.50. The minimum absolute atomic E-state index is 0.0249. The summed E-state index contributed by atoms with van der Waals surface area (Å²) in [6.07, 6.45) is 0.204. The molecule has 1 atom stereocenters. The molecule has 1 unspecified atom stereocenters. The number of hydrogen-bond acceptors (Lipinski definition) is 5. The second-order valence-electron chi connectivity index (χ2n) is 7.44. The van der Waals surface area contributed by atoms with E-state index in [1.165, 1.54) is 6.07 Å². The van der Waals surface area contributed by atoms with E-state index in [2.05, 4.69) is 15.9 Å².